The Morgan fingerprint density at radius 3 is 2.29 bits per heavy atom. The Morgan fingerprint density at radius 1 is 0.941 bits per heavy atom. The largest absolute Gasteiger partial charge is 0.455 e. The Morgan fingerprint density at radius 2 is 1.62 bits per heavy atom. The number of fused-ring (bicyclic) bond motifs is 1. The fraction of sp³-hybridized carbons (Fsp3) is 0.185. The van der Waals surface area contributed by atoms with Crippen molar-refractivity contribution in [1.82, 2.24) is 10.6 Å². The summed E-state index contributed by atoms with van der Waals surface area (Å²) in [5.74, 6) is -0.648. The van der Waals surface area contributed by atoms with Crippen LogP contribution in [0.25, 0.3) is 33.4 Å². The summed E-state index contributed by atoms with van der Waals surface area (Å²) in [4.78, 5) is 25.4. The van der Waals surface area contributed by atoms with Crippen LogP contribution in [-0.2, 0) is 0 Å². The maximum atomic E-state index is 13.4. The maximum absolute atomic E-state index is 13.4. The molecule has 3 N–H and O–H groups in total. The Labute approximate surface area is 196 Å². The molecule has 0 aliphatic heterocycles. The molecule has 0 spiro atoms. The zero-order chi connectivity index (χ0) is 24.5. The van der Waals surface area contributed by atoms with Crippen molar-refractivity contribution >= 4 is 22.8 Å². The van der Waals surface area contributed by atoms with E-state index in [4.69, 9.17) is 4.42 Å². The lowest BCUT2D eigenvalue weighted by atomic mass is 9.98. The minimum atomic E-state index is -0.748. The van der Waals surface area contributed by atoms with Gasteiger partial charge in [0, 0.05) is 23.6 Å². The molecule has 4 rings (SSSR count). The van der Waals surface area contributed by atoms with Crippen molar-refractivity contribution < 1.29 is 23.5 Å². The van der Waals surface area contributed by atoms with Crippen molar-refractivity contribution in [3.63, 3.8) is 0 Å². The predicted octanol–water partition coefficient (Wildman–Crippen LogP) is 4.77. The molecule has 1 heterocycles. The maximum Gasteiger partial charge on any atom is 0.255 e. The number of aliphatic hydroxyl groups excluding tert-OH is 1. The van der Waals surface area contributed by atoms with E-state index in [1.54, 1.807) is 50.2 Å². The van der Waals surface area contributed by atoms with E-state index in [1.807, 2.05) is 18.2 Å². The van der Waals surface area contributed by atoms with E-state index in [0.717, 1.165) is 11.1 Å². The normalized spacial score (nSPS) is 11.4. The van der Waals surface area contributed by atoms with Gasteiger partial charge in [-0.25, -0.2) is 4.39 Å². The molecule has 0 radical (unpaired) electrons. The highest BCUT2D eigenvalue weighted by molar-refractivity contribution is 6.11. The Bertz CT molecular complexity index is 1370. The van der Waals surface area contributed by atoms with Crippen LogP contribution < -0.4 is 10.6 Å². The van der Waals surface area contributed by atoms with Crippen molar-refractivity contribution in [1.29, 1.82) is 0 Å². The monoisotopic (exact) mass is 460 g/mol. The van der Waals surface area contributed by atoms with E-state index in [1.165, 1.54) is 19.2 Å². The molecule has 0 unspecified atom stereocenters. The van der Waals surface area contributed by atoms with Gasteiger partial charge in [0.25, 0.3) is 11.8 Å². The molecule has 0 fully saturated rings. The Kier molecular flexibility index (Phi) is 6.22. The van der Waals surface area contributed by atoms with Crippen LogP contribution in [0.4, 0.5) is 4.39 Å². The highest BCUT2D eigenvalue weighted by atomic mass is 19.1. The molecule has 4 aromatic rings. The lowest BCUT2D eigenvalue weighted by Crippen LogP contribution is -2.46. The molecule has 0 aliphatic rings. The van der Waals surface area contributed by atoms with Crippen LogP contribution in [0.2, 0.25) is 0 Å². The van der Waals surface area contributed by atoms with Gasteiger partial charge in [0.2, 0.25) is 0 Å². The molecule has 0 saturated carbocycles. The molecule has 2 amide bonds. The highest BCUT2D eigenvalue weighted by Gasteiger charge is 2.23. The Hall–Kier alpha value is -3.97. The number of aliphatic hydroxyl groups is 1. The lowest BCUT2D eigenvalue weighted by Gasteiger charge is -2.23. The van der Waals surface area contributed by atoms with Gasteiger partial charge in [-0.1, -0.05) is 18.2 Å². The first-order chi connectivity index (χ1) is 16.2. The second kappa shape index (κ2) is 9.11. The number of benzene rings is 3. The SMILES string of the molecule is CNC(=O)c1c(-c2ccc(F)cc2)oc2ccc(-c3cccc(C(=O)NC(C)(C)CO)c3)cc12. The first-order valence-corrected chi connectivity index (χ1v) is 10.8. The van der Waals surface area contributed by atoms with E-state index in [0.29, 0.717) is 33.4 Å². The number of hydrogen-bond donors (Lipinski definition) is 3. The topological polar surface area (TPSA) is 91.6 Å². The van der Waals surface area contributed by atoms with Crippen LogP contribution in [0, 0.1) is 5.82 Å². The Balaban J connectivity index is 1.79. The van der Waals surface area contributed by atoms with Crippen LogP contribution >= 0.6 is 0 Å². The standard InChI is InChI=1S/C27H25FN2O4/c1-27(2,15-31)30-25(32)19-6-4-5-17(13-19)18-9-12-22-21(14-18)23(26(33)29-3)24(34-22)16-7-10-20(28)11-8-16/h4-14,31H,15H2,1-3H3,(H,29,33)(H,30,32). The minimum absolute atomic E-state index is 0.186. The van der Waals surface area contributed by atoms with Gasteiger partial charge in [-0.05, 0) is 73.5 Å². The first kappa shape index (κ1) is 23.2. The molecular formula is C27H25FN2O4. The number of amides is 2. The van der Waals surface area contributed by atoms with Crippen molar-refractivity contribution in [3.05, 3.63) is 83.7 Å². The van der Waals surface area contributed by atoms with Crippen LogP contribution in [0.15, 0.2) is 71.1 Å². The average Bonchev–Trinajstić information content (AvgIpc) is 3.22. The number of carbonyl (C=O) groups excluding carboxylic acids is 2. The molecule has 0 saturated heterocycles. The van der Waals surface area contributed by atoms with Gasteiger partial charge in [0.15, 0.2) is 0 Å². The van der Waals surface area contributed by atoms with Crippen molar-refractivity contribution in [2.24, 2.45) is 0 Å². The van der Waals surface area contributed by atoms with Crippen LogP contribution in [0.3, 0.4) is 0 Å². The fourth-order valence-electron chi connectivity index (χ4n) is 3.69. The molecule has 0 aliphatic carbocycles. The van der Waals surface area contributed by atoms with Gasteiger partial charge < -0.3 is 20.2 Å². The van der Waals surface area contributed by atoms with Gasteiger partial charge in [-0.3, -0.25) is 9.59 Å². The van der Waals surface area contributed by atoms with Gasteiger partial charge in [-0.15, -0.1) is 0 Å². The number of hydrogen-bond acceptors (Lipinski definition) is 4. The summed E-state index contributed by atoms with van der Waals surface area (Å²) >= 11 is 0. The molecule has 174 valence electrons. The molecule has 3 aromatic carbocycles. The number of halogens is 1. The van der Waals surface area contributed by atoms with Crippen LogP contribution in [-0.4, -0.2) is 36.1 Å². The lowest BCUT2D eigenvalue weighted by molar-refractivity contribution is 0.0868. The average molecular weight is 461 g/mol. The summed E-state index contributed by atoms with van der Waals surface area (Å²) < 4.78 is 19.4. The van der Waals surface area contributed by atoms with Crippen LogP contribution in [0.1, 0.15) is 34.6 Å². The number of nitrogens with one attached hydrogen (secondary N) is 2. The van der Waals surface area contributed by atoms with E-state index in [2.05, 4.69) is 10.6 Å². The van der Waals surface area contributed by atoms with E-state index >= 15 is 0 Å². The minimum Gasteiger partial charge on any atom is -0.455 e. The van der Waals surface area contributed by atoms with Crippen LogP contribution in [0.5, 0.6) is 0 Å². The third-order valence-electron chi connectivity index (χ3n) is 5.55. The number of rotatable bonds is 6. The van der Waals surface area contributed by atoms with E-state index in [-0.39, 0.29) is 24.2 Å². The summed E-state index contributed by atoms with van der Waals surface area (Å²) in [6, 6.07) is 18.3. The fourth-order valence-corrected chi connectivity index (χ4v) is 3.69. The quantitative estimate of drug-likeness (QED) is 0.387. The third kappa shape index (κ3) is 4.56. The number of furan rings is 1. The van der Waals surface area contributed by atoms with Gasteiger partial charge in [-0.2, -0.15) is 0 Å². The zero-order valence-electron chi connectivity index (χ0n) is 19.1. The molecule has 0 bridgehead atoms. The summed E-state index contributed by atoms with van der Waals surface area (Å²) in [7, 11) is 1.54. The summed E-state index contributed by atoms with van der Waals surface area (Å²) in [6.07, 6.45) is 0. The summed E-state index contributed by atoms with van der Waals surface area (Å²) in [6.45, 7) is 3.29. The van der Waals surface area contributed by atoms with Gasteiger partial charge in [0.05, 0.1) is 17.7 Å². The van der Waals surface area contributed by atoms with Crippen molar-refractivity contribution in [3.8, 4) is 22.5 Å². The summed E-state index contributed by atoms with van der Waals surface area (Å²) in [5.41, 5.74) is 2.73. The molecule has 7 heteroatoms. The van der Waals surface area contributed by atoms with E-state index < -0.39 is 5.54 Å². The first-order valence-electron chi connectivity index (χ1n) is 10.8. The van der Waals surface area contributed by atoms with E-state index in [9.17, 15) is 19.1 Å². The molecule has 0 atom stereocenters. The van der Waals surface area contributed by atoms with Gasteiger partial charge in [0.1, 0.15) is 17.2 Å². The molecular weight excluding hydrogens is 435 g/mol. The molecule has 6 nitrogen and oxygen atoms in total. The van der Waals surface area contributed by atoms with Crippen molar-refractivity contribution in [2.45, 2.75) is 19.4 Å². The summed E-state index contributed by atoms with van der Waals surface area (Å²) in [5, 5.41) is 15.5. The smallest absolute Gasteiger partial charge is 0.255 e. The molecule has 34 heavy (non-hydrogen) atoms. The molecule has 1 aromatic heterocycles. The predicted molar refractivity (Wildman–Crippen MR) is 129 cm³/mol. The second-order valence-corrected chi connectivity index (χ2v) is 8.68. The zero-order valence-corrected chi connectivity index (χ0v) is 19.1. The van der Waals surface area contributed by atoms with Gasteiger partial charge >= 0.3 is 0 Å². The number of carbonyl (C=O) groups is 2. The van der Waals surface area contributed by atoms with Crippen molar-refractivity contribution in [2.75, 3.05) is 13.7 Å². The second-order valence-electron chi connectivity index (χ2n) is 8.68. The highest BCUT2D eigenvalue weighted by Crippen LogP contribution is 2.36. The third-order valence-corrected chi connectivity index (χ3v) is 5.55.